The van der Waals surface area contributed by atoms with E-state index in [-0.39, 0.29) is 5.41 Å². The van der Waals surface area contributed by atoms with Gasteiger partial charge in [0.15, 0.2) is 0 Å². The van der Waals surface area contributed by atoms with Crippen LogP contribution in [0, 0.1) is 5.41 Å². The van der Waals surface area contributed by atoms with Gasteiger partial charge in [-0.3, -0.25) is 0 Å². The predicted octanol–water partition coefficient (Wildman–Crippen LogP) is 0.980. The normalized spacial score (nSPS) is 37.2. The third-order valence-corrected chi connectivity index (χ3v) is 4.14. The Hall–Kier alpha value is 0.200. The predicted molar refractivity (Wildman–Crippen MR) is 43.2 cm³/mol. The highest BCUT2D eigenvalue weighted by Crippen LogP contribution is 2.51. The van der Waals surface area contributed by atoms with Crippen LogP contribution in [0.15, 0.2) is 0 Å². The van der Waals surface area contributed by atoms with Gasteiger partial charge in [-0.05, 0) is 6.42 Å². The van der Waals surface area contributed by atoms with Crippen molar-refractivity contribution in [3.8, 4) is 0 Å². The summed E-state index contributed by atoms with van der Waals surface area (Å²) in [6.07, 6.45) is 0.618. The summed E-state index contributed by atoms with van der Waals surface area (Å²) in [5.41, 5.74) is -0.241. The first-order valence-electron chi connectivity index (χ1n) is 3.32. The smallest absolute Gasteiger partial charge is 0.236 e. The number of hydrogen-bond acceptors (Lipinski definition) is 3. The van der Waals surface area contributed by atoms with Gasteiger partial charge in [0.1, 0.15) is 0 Å². The van der Waals surface area contributed by atoms with E-state index in [1.807, 2.05) is 6.92 Å². The van der Waals surface area contributed by atoms with Crippen molar-refractivity contribution in [2.75, 3.05) is 13.7 Å². The van der Waals surface area contributed by atoms with E-state index in [1.54, 1.807) is 7.11 Å². The Morgan fingerprint density at radius 1 is 1.73 bits per heavy atom. The highest BCUT2D eigenvalue weighted by Gasteiger charge is 2.57. The quantitative estimate of drug-likeness (QED) is 0.635. The first kappa shape index (κ1) is 9.29. The van der Waals surface area contributed by atoms with Gasteiger partial charge in [-0.25, -0.2) is 8.42 Å². The van der Waals surface area contributed by atoms with Crippen molar-refractivity contribution in [1.29, 1.82) is 0 Å². The van der Waals surface area contributed by atoms with Crippen LogP contribution in [0.4, 0.5) is 0 Å². The lowest BCUT2D eigenvalue weighted by atomic mass is 10.2. The summed E-state index contributed by atoms with van der Waals surface area (Å²) in [4.78, 5) is 0. The molecule has 0 aromatic rings. The van der Waals surface area contributed by atoms with Gasteiger partial charge in [-0.2, -0.15) is 0 Å². The fourth-order valence-electron chi connectivity index (χ4n) is 1.29. The lowest BCUT2D eigenvalue weighted by Gasteiger charge is -2.06. The van der Waals surface area contributed by atoms with E-state index < -0.39 is 14.3 Å². The molecule has 3 nitrogen and oxygen atoms in total. The molecule has 11 heavy (non-hydrogen) atoms. The number of halogens is 1. The Morgan fingerprint density at radius 2 is 2.27 bits per heavy atom. The van der Waals surface area contributed by atoms with Gasteiger partial charge in [-0.1, -0.05) is 6.92 Å². The van der Waals surface area contributed by atoms with E-state index in [0.29, 0.717) is 13.0 Å². The minimum absolute atomic E-state index is 0.241. The van der Waals surface area contributed by atoms with Crippen LogP contribution in [-0.2, 0) is 13.8 Å². The minimum Gasteiger partial charge on any atom is -0.384 e. The van der Waals surface area contributed by atoms with E-state index in [2.05, 4.69) is 0 Å². The van der Waals surface area contributed by atoms with Gasteiger partial charge in [0.2, 0.25) is 9.05 Å². The summed E-state index contributed by atoms with van der Waals surface area (Å²) in [6.45, 7) is 2.32. The van der Waals surface area contributed by atoms with Crippen LogP contribution >= 0.6 is 10.7 Å². The second-order valence-corrected chi connectivity index (χ2v) is 6.07. The Balaban J connectivity index is 2.60. The molecule has 0 saturated heterocycles. The summed E-state index contributed by atoms with van der Waals surface area (Å²) >= 11 is 0. The topological polar surface area (TPSA) is 43.4 Å². The monoisotopic (exact) mass is 198 g/mol. The molecule has 0 amide bonds. The SMILES string of the molecule is COC[C@]1(C)C[C@@H]1S(=O)(=O)Cl. The molecular formula is C6H11ClO3S. The second-order valence-electron chi connectivity index (χ2n) is 3.26. The van der Waals surface area contributed by atoms with Crippen LogP contribution in [-0.4, -0.2) is 27.4 Å². The van der Waals surface area contributed by atoms with Gasteiger partial charge in [0.05, 0.1) is 11.9 Å². The van der Waals surface area contributed by atoms with Crippen molar-refractivity contribution in [3.63, 3.8) is 0 Å². The molecule has 0 aromatic carbocycles. The summed E-state index contributed by atoms with van der Waals surface area (Å²) in [5.74, 6) is 0. The van der Waals surface area contributed by atoms with Crippen LogP contribution in [0.5, 0.6) is 0 Å². The van der Waals surface area contributed by atoms with Gasteiger partial charge < -0.3 is 4.74 Å². The van der Waals surface area contributed by atoms with Crippen molar-refractivity contribution in [1.82, 2.24) is 0 Å². The average molecular weight is 199 g/mol. The molecule has 0 radical (unpaired) electrons. The fourth-order valence-corrected chi connectivity index (χ4v) is 3.45. The zero-order valence-electron chi connectivity index (χ0n) is 6.50. The first-order chi connectivity index (χ1) is 4.90. The van der Waals surface area contributed by atoms with Crippen molar-refractivity contribution < 1.29 is 13.2 Å². The molecule has 0 spiro atoms. The number of ether oxygens (including phenoxy) is 1. The summed E-state index contributed by atoms with van der Waals surface area (Å²) in [5, 5.41) is -0.406. The molecule has 0 N–H and O–H groups in total. The Bertz CT molecular complexity index is 249. The van der Waals surface area contributed by atoms with Crippen LogP contribution in [0.1, 0.15) is 13.3 Å². The third kappa shape index (κ3) is 1.86. The molecule has 0 heterocycles. The maximum Gasteiger partial charge on any atom is 0.236 e. The van der Waals surface area contributed by atoms with E-state index in [9.17, 15) is 8.42 Å². The second kappa shape index (κ2) is 2.61. The molecule has 66 valence electrons. The van der Waals surface area contributed by atoms with E-state index in [1.165, 1.54) is 0 Å². The lowest BCUT2D eigenvalue weighted by Crippen LogP contribution is -2.13. The van der Waals surface area contributed by atoms with Crippen LogP contribution in [0.2, 0.25) is 0 Å². The number of methoxy groups -OCH3 is 1. The zero-order valence-corrected chi connectivity index (χ0v) is 8.07. The van der Waals surface area contributed by atoms with Crippen molar-refractivity contribution >= 4 is 19.7 Å². The highest BCUT2D eigenvalue weighted by atomic mass is 35.7. The summed E-state index contributed by atoms with van der Waals surface area (Å²) in [6, 6.07) is 0. The lowest BCUT2D eigenvalue weighted by molar-refractivity contribution is 0.150. The van der Waals surface area contributed by atoms with E-state index in [0.717, 1.165) is 0 Å². The highest BCUT2D eigenvalue weighted by molar-refractivity contribution is 8.14. The molecule has 0 aromatic heterocycles. The standard InChI is InChI=1S/C6H11ClO3S/c1-6(4-10-2)3-5(6)11(7,8)9/h5H,3-4H2,1-2H3/t5-,6-/m0/s1. The van der Waals surface area contributed by atoms with Gasteiger partial charge >= 0.3 is 0 Å². The molecule has 0 aliphatic heterocycles. The molecule has 1 saturated carbocycles. The first-order valence-corrected chi connectivity index (χ1v) is 5.70. The molecule has 1 aliphatic carbocycles. The molecule has 1 aliphatic rings. The molecule has 0 unspecified atom stereocenters. The summed E-state index contributed by atoms with van der Waals surface area (Å²) in [7, 11) is 3.36. The van der Waals surface area contributed by atoms with E-state index >= 15 is 0 Å². The number of rotatable bonds is 3. The van der Waals surface area contributed by atoms with Crippen molar-refractivity contribution in [2.24, 2.45) is 5.41 Å². The largest absolute Gasteiger partial charge is 0.384 e. The molecule has 1 fully saturated rings. The van der Waals surface area contributed by atoms with Gasteiger partial charge in [-0.15, -0.1) is 0 Å². The minimum atomic E-state index is -3.37. The van der Waals surface area contributed by atoms with Gasteiger partial charge in [0.25, 0.3) is 0 Å². The van der Waals surface area contributed by atoms with Crippen LogP contribution < -0.4 is 0 Å². The maximum absolute atomic E-state index is 10.8. The zero-order chi connectivity index (χ0) is 8.70. The molecule has 5 heteroatoms. The van der Waals surface area contributed by atoms with Crippen LogP contribution in [0.3, 0.4) is 0 Å². The van der Waals surface area contributed by atoms with Crippen LogP contribution in [0.25, 0.3) is 0 Å². The molecule has 2 atom stereocenters. The molecule has 0 bridgehead atoms. The molecule has 1 rings (SSSR count). The number of hydrogen-bond donors (Lipinski definition) is 0. The summed E-state index contributed by atoms with van der Waals surface area (Å²) < 4.78 is 26.5. The van der Waals surface area contributed by atoms with Gasteiger partial charge in [0, 0.05) is 23.2 Å². The third-order valence-electron chi connectivity index (χ3n) is 2.08. The fraction of sp³-hybridized carbons (Fsp3) is 1.00. The molecular weight excluding hydrogens is 188 g/mol. The maximum atomic E-state index is 10.8. The Morgan fingerprint density at radius 3 is 2.55 bits per heavy atom. The van der Waals surface area contributed by atoms with Crippen molar-refractivity contribution in [3.05, 3.63) is 0 Å². The Labute approximate surface area is 71.1 Å². The van der Waals surface area contributed by atoms with E-state index in [4.69, 9.17) is 15.4 Å². The Kier molecular flexibility index (Phi) is 2.20. The average Bonchev–Trinajstić information content (AvgIpc) is 2.41. The van der Waals surface area contributed by atoms with Crippen molar-refractivity contribution in [2.45, 2.75) is 18.6 Å².